The third-order valence-electron chi connectivity index (χ3n) is 1.44. The molecule has 0 fully saturated rings. The van der Waals surface area contributed by atoms with E-state index in [4.69, 9.17) is 5.11 Å². The second-order valence-corrected chi connectivity index (χ2v) is 4.19. The summed E-state index contributed by atoms with van der Waals surface area (Å²) in [5.74, 6) is -0.536. The average molecular weight is 219 g/mol. The average Bonchev–Trinajstić information content (AvgIpc) is 1.83. The monoisotopic (exact) mass is 219 g/mol. The molecule has 0 rings (SSSR count). The van der Waals surface area contributed by atoms with E-state index in [0.29, 0.717) is 0 Å². The van der Waals surface area contributed by atoms with Gasteiger partial charge >= 0.3 is 29.6 Å². The van der Waals surface area contributed by atoms with Crippen molar-refractivity contribution in [2.24, 2.45) is 0 Å². The number of nitrogens with zero attached hydrogens (tertiary/aromatic N) is 1. The van der Waals surface area contributed by atoms with E-state index in [1.54, 1.807) is 13.8 Å². The molecule has 0 saturated heterocycles. The van der Waals surface area contributed by atoms with E-state index in [0.717, 1.165) is 0 Å². The van der Waals surface area contributed by atoms with Crippen LogP contribution in [-0.4, -0.2) is 48.0 Å². The van der Waals surface area contributed by atoms with Gasteiger partial charge in [-0.1, -0.05) is 0 Å². The van der Waals surface area contributed by atoms with Crippen molar-refractivity contribution in [1.29, 1.82) is 0 Å². The molecule has 0 spiro atoms. The summed E-state index contributed by atoms with van der Waals surface area (Å²) in [6.07, 6.45) is 0. The smallest absolute Gasteiger partial charge is 0.747 e. The molecule has 0 aromatic rings. The molecule has 5 nitrogen and oxygen atoms in total. The molecule has 0 heterocycles. The SMILES string of the molecule is CC(C)N(CCO)CS(=O)(=O)[O-].[Na+]. The van der Waals surface area contributed by atoms with Crippen LogP contribution >= 0.6 is 0 Å². The van der Waals surface area contributed by atoms with E-state index in [2.05, 4.69) is 0 Å². The maximum atomic E-state index is 10.3. The van der Waals surface area contributed by atoms with Gasteiger partial charge in [-0.15, -0.1) is 0 Å². The van der Waals surface area contributed by atoms with Crippen LogP contribution in [-0.2, 0) is 10.1 Å². The van der Waals surface area contributed by atoms with Crippen molar-refractivity contribution < 1.29 is 47.6 Å². The van der Waals surface area contributed by atoms with E-state index in [9.17, 15) is 13.0 Å². The summed E-state index contributed by atoms with van der Waals surface area (Å²) in [6, 6.07) is -0.0547. The summed E-state index contributed by atoms with van der Waals surface area (Å²) in [6.45, 7) is 3.59. The zero-order chi connectivity index (χ0) is 9.78. The first-order chi connectivity index (χ1) is 5.37. The Morgan fingerprint density at radius 2 is 1.92 bits per heavy atom. The summed E-state index contributed by atoms with van der Waals surface area (Å²) in [7, 11) is -4.23. The summed E-state index contributed by atoms with van der Waals surface area (Å²) < 4.78 is 31.0. The molecule has 0 aliphatic carbocycles. The minimum atomic E-state index is -4.23. The van der Waals surface area contributed by atoms with Crippen molar-refractivity contribution in [2.45, 2.75) is 19.9 Å². The largest absolute Gasteiger partial charge is 1.00 e. The molecule has 0 aliphatic heterocycles. The van der Waals surface area contributed by atoms with Crippen LogP contribution in [0.4, 0.5) is 0 Å². The van der Waals surface area contributed by atoms with Gasteiger partial charge in [-0.25, -0.2) is 8.42 Å². The normalized spacial score (nSPS) is 11.8. The molecular weight excluding hydrogens is 205 g/mol. The molecule has 0 aromatic carbocycles. The van der Waals surface area contributed by atoms with E-state index >= 15 is 0 Å². The maximum Gasteiger partial charge on any atom is 1.00 e. The molecule has 13 heavy (non-hydrogen) atoms. The van der Waals surface area contributed by atoms with Gasteiger partial charge in [-0.3, -0.25) is 4.90 Å². The minimum Gasteiger partial charge on any atom is -0.747 e. The molecule has 7 heteroatoms. The first-order valence-corrected chi connectivity index (χ1v) is 5.23. The third-order valence-corrected chi connectivity index (χ3v) is 2.09. The summed E-state index contributed by atoms with van der Waals surface area (Å²) in [5.41, 5.74) is 0. The van der Waals surface area contributed by atoms with Gasteiger partial charge in [0.1, 0.15) is 10.1 Å². The fourth-order valence-corrected chi connectivity index (χ4v) is 1.64. The second kappa shape index (κ2) is 7.17. The zero-order valence-corrected chi connectivity index (χ0v) is 11.0. The molecule has 0 bridgehead atoms. The number of rotatable bonds is 5. The molecular formula is C6H14NNaO4S. The Labute approximate surface area is 101 Å². The van der Waals surface area contributed by atoms with E-state index in [-0.39, 0.29) is 48.8 Å². The van der Waals surface area contributed by atoms with Crippen LogP contribution in [0.15, 0.2) is 0 Å². The van der Waals surface area contributed by atoms with Crippen molar-refractivity contribution in [2.75, 3.05) is 19.0 Å². The van der Waals surface area contributed by atoms with Gasteiger partial charge in [0.25, 0.3) is 0 Å². The molecule has 0 unspecified atom stereocenters. The second-order valence-electron chi connectivity index (χ2n) is 2.82. The van der Waals surface area contributed by atoms with Crippen molar-refractivity contribution in [1.82, 2.24) is 4.90 Å². The molecule has 0 atom stereocenters. The van der Waals surface area contributed by atoms with E-state index < -0.39 is 16.0 Å². The first-order valence-electron chi connectivity index (χ1n) is 3.65. The van der Waals surface area contributed by atoms with Crippen LogP contribution in [0.25, 0.3) is 0 Å². The van der Waals surface area contributed by atoms with Gasteiger partial charge in [-0.2, -0.15) is 0 Å². The number of aliphatic hydroxyl groups is 1. The molecule has 74 valence electrons. The molecule has 0 saturated carbocycles. The van der Waals surface area contributed by atoms with Crippen LogP contribution < -0.4 is 29.6 Å². The number of hydrogen-bond donors (Lipinski definition) is 1. The molecule has 0 aromatic heterocycles. The Kier molecular flexibility index (Phi) is 8.97. The number of aliphatic hydroxyl groups excluding tert-OH is 1. The standard InChI is InChI=1S/C6H15NO4S.Na/c1-6(2)7(3-4-8)5-12(9,10)11;/h6,8H,3-5H2,1-2H3,(H,9,10,11);/q;+1/p-1. The van der Waals surface area contributed by atoms with Crippen molar-refractivity contribution in [3.05, 3.63) is 0 Å². The minimum absolute atomic E-state index is 0. The fourth-order valence-electron chi connectivity index (χ4n) is 0.803. The Hall–Kier alpha value is 0.830. The Morgan fingerprint density at radius 3 is 2.15 bits per heavy atom. The topological polar surface area (TPSA) is 80.7 Å². The van der Waals surface area contributed by atoms with Crippen LogP contribution in [0.1, 0.15) is 13.8 Å². The van der Waals surface area contributed by atoms with E-state index in [1.807, 2.05) is 0 Å². The predicted molar refractivity (Wildman–Crippen MR) is 43.5 cm³/mol. The Morgan fingerprint density at radius 1 is 1.46 bits per heavy atom. The van der Waals surface area contributed by atoms with E-state index in [1.165, 1.54) is 4.90 Å². The van der Waals surface area contributed by atoms with Gasteiger partial charge < -0.3 is 9.66 Å². The first kappa shape index (κ1) is 16.3. The van der Waals surface area contributed by atoms with Crippen LogP contribution in [0.3, 0.4) is 0 Å². The van der Waals surface area contributed by atoms with Gasteiger partial charge in [0.15, 0.2) is 0 Å². The molecule has 1 N–H and O–H groups in total. The van der Waals surface area contributed by atoms with Gasteiger partial charge in [0, 0.05) is 12.6 Å². The third kappa shape index (κ3) is 9.14. The van der Waals surface area contributed by atoms with Crippen molar-refractivity contribution in [3.63, 3.8) is 0 Å². The van der Waals surface area contributed by atoms with Crippen LogP contribution in [0.5, 0.6) is 0 Å². The molecule has 0 amide bonds. The predicted octanol–water partition coefficient (Wildman–Crippen LogP) is -3.80. The van der Waals surface area contributed by atoms with Crippen LogP contribution in [0.2, 0.25) is 0 Å². The summed E-state index contributed by atoms with van der Waals surface area (Å²) in [5, 5.41) is 8.54. The maximum absolute atomic E-state index is 10.3. The quantitative estimate of drug-likeness (QED) is 0.379. The Bertz CT molecular complexity index is 217. The molecule has 0 radical (unpaired) electrons. The van der Waals surface area contributed by atoms with Gasteiger partial charge in [-0.05, 0) is 13.8 Å². The Balaban J connectivity index is 0. The fraction of sp³-hybridized carbons (Fsp3) is 1.00. The summed E-state index contributed by atoms with van der Waals surface area (Å²) in [4.78, 5) is 1.41. The number of hydrogen-bond acceptors (Lipinski definition) is 5. The van der Waals surface area contributed by atoms with Gasteiger partial charge in [0.2, 0.25) is 0 Å². The molecule has 0 aliphatic rings. The van der Waals surface area contributed by atoms with Crippen molar-refractivity contribution in [3.8, 4) is 0 Å². The summed E-state index contributed by atoms with van der Waals surface area (Å²) >= 11 is 0. The van der Waals surface area contributed by atoms with Crippen molar-refractivity contribution >= 4 is 10.1 Å². The van der Waals surface area contributed by atoms with Gasteiger partial charge in [0.05, 0.1) is 12.5 Å². The zero-order valence-electron chi connectivity index (χ0n) is 8.23. The van der Waals surface area contributed by atoms with Crippen LogP contribution in [0, 0.1) is 0 Å².